The van der Waals surface area contributed by atoms with E-state index in [2.05, 4.69) is 9.97 Å². The highest BCUT2D eigenvalue weighted by Gasteiger charge is 1.92. The van der Waals surface area contributed by atoms with Gasteiger partial charge in [0.25, 0.3) is 0 Å². The van der Waals surface area contributed by atoms with Crippen molar-refractivity contribution in [1.82, 2.24) is 14.4 Å². The van der Waals surface area contributed by atoms with Crippen molar-refractivity contribution in [2.24, 2.45) is 0 Å². The normalized spacial score (nSPS) is 10.5. The Morgan fingerprint density at radius 3 is 2.80 bits per heavy atom. The van der Waals surface area contributed by atoms with Gasteiger partial charge >= 0.3 is 0 Å². The molecule has 3 heteroatoms. The molecule has 0 fully saturated rings. The van der Waals surface area contributed by atoms with Crippen molar-refractivity contribution < 1.29 is 0 Å². The lowest BCUT2D eigenvalue weighted by atomic mass is 10.5. The van der Waals surface area contributed by atoms with Gasteiger partial charge in [-0.1, -0.05) is 0 Å². The molecule has 0 saturated heterocycles. The largest absolute Gasteiger partial charge is 0.300 e. The molecule has 0 N–H and O–H groups in total. The van der Waals surface area contributed by atoms with E-state index in [9.17, 15) is 0 Å². The van der Waals surface area contributed by atoms with Crippen LogP contribution in [0.5, 0.6) is 0 Å². The van der Waals surface area contributed by atoms with Crippen LogP contribution in [0.4, 0.5) is 0 Å². The molecule has 50 valence electrons. The maximum absolute atomic E-state index is 4.02. The fourth-order valence-corrected chi connectivity index (χ4v) is 0.979. The van der Waals surface area contributed by atoms with Crippen LogP contribution in [-0.4, -0.2) is 14.4 Å². The molecular weight excluding hydrogens is 126 g/mol. The third-order valence-corrected chi connectivity index (χ3v) is 1.52. The Balaban J connectivity index is 2.95. The molecule has 0 atom stereocenters. The Hall–Kier alpha value is -1.38. The zero-order valence-electron chi connectivity index (χ0n) is 5.65. The van der Waals surface area contributed by atoms with Crippen molar-refractivity contribution >= 4 is 5.52 Å². The van der Waals surface area contributed by atoms with Gasteiger partial charge in [-0.15, -0.1) is 0 Å². The van der Waals surface area contributed by atoms with Crippen LogP contribution in [0.2, 0.25) is 0 Å². The van der Waals surface area contributed by atoms with Crippen LogP contribution >= 0.6 is 0 Å². The molecule has 0 unspecified atom stereocenters. The number of aromatic nitrogens is 3. The molecule has 3 nitrogen and oxygen atoms in total. The summed E-state index contributed by atoms with van der Waals surface area (Å²) in [5.41, 5.74) is 2.15. The van der Waals surface area contributed by atoms with Crippen molar-refractivity contribution in [3.8, 4) is 0 Å². The second-order valence-corrected chi connectivity index (χ2v) is 2.24. The van der Waals surface area contributed by atoms with Crippen molar-refractivity contribution in [3.05, 3.63) is 30.6 Å². The highest BCUT2D eigenvalue weighted by atomic mass is 15.0. The number of nitrogens with zero attached hydrogens (tertiary/aromatic N) is 3. The van der Waals surface area contributed by atoms with E-state index in [4.69, 9.17) is 0 Å². The van der Waals surface area contributed by atoms with Crippen molar-refractivity contribution in [1.29, 1.82) is 0 Å². The van der Waals surface area contributed by atoms with Crippen LogP contribution in [0, 0.1) is 6.92 Å². The average molecular weight is 133 g/mol. The Morgan fingerprint density at radius 2 is 2.00 bits per heavy atom. The van der Waals surface area contributed by atoms with Gasteiger partial charge in [-0.05, 0) is 6.92 Å². The maximum Gasteiger partial charge on any atom is 0.0995 e. The van der Waals surface area contributed by atoms with E-state index in [1.807, 2.05) is 17.5 Å². The van der Waals surface area contributed by atoms with Gasteiger partial charge in [-0.3, -0.25) is 4.98 Å². The Bertz CT molecular complexity index is 350. The van der Waals surface area contributed by atoms with Gasteiger partial charge in [-0.2, -0.15) is 0 Å². The Morgan fingerprint density at radius 1 is 1.20 bits per heavy atom. The summed E-state index contributed by atoms with van der Waals surface area (Å²) >= 11 is 0. The Labute approximate surface area is 58.4 Å². The molecule has 2 heterocycles. The lowest BCUT2D eigenvalue weighted by Crippen LogP contribution is -1.88. The molecule has 0 aromatic carbocycles. The molecule has 0 saturated carbocycles. The number of hydrogen-bond acceptors (Lipinski definition) is 2. The van der Waals surface area contributed by atoms with Crippen LogP contribution in [0.15, 0.2) is 24.9 Å². The lowest BCUT2D eigenvalue weighted by Gasteiger charge is -1.94. The van der Waals surface area contributed by atoms with Gasteiger partial charge in [-0.25, -0.2) is 4.98 Å². The smallest absolute Gasteiger partial charge is 0.0995 e. The van der Waals surface area contributed by atoms with E-state index in [1.165, 1.54) is 0 Å². The van der Waals surface area contributed by atoms with Crippen LogP contribution in [0.3, 0.4) is 0 Å². The standard InChI is InChI=1S/C7H7N3/c1-6-2-8-3-7-4-9-5-10(6)7/h2-5H,1H3. The average Bonchev–Trinajstić information content (AvgIpc) is 2.36. The summed E-state index contributed by atoms with van der Waals surface area (Å²) in [6.45, 7) is 2.00. The number of fused-ring (bicyclic) bond motifs is 1. The molecule has 2 aromatic heterocycles. The van der Waals surface area contributed by atoms with Gasteiger partial charge in [0.2, 0.25) is 0 Å². The van der Waals surface area contributed by atoms with Crippen LogP contribution in [0.25, 0.3) is 5.52 Å². The molecule has 2 aromatic rings. The SMILES string of the molecule is Cc1cncc2cncn12. The number of aryl methyl sites for hydroxylation is 1. The molecule has 0 aliphatic heterocycles. The summed E-state index contributed by atoms with van der Waals surface area (Å²) in [6.07, 6.45) is 7.18. The monoisotopic (exact) mass is 133 g/mol. The molecule has 10 heavy (non-hydrogen) atoms. The van der Waals surface area contributed by atoms with Crippen LogP contribution < -0.4 is 0 Å². The molecule has 0 amide bonds. The van der Waals surface area contributed by atoms with Crippen LogP contribution in [0.1, 0.15) is 5.69 Å². The minimum Gasteiger partial charge on any atom is -0.300 e. The van der Waals surface area contributed by atoms with Gasteiger partial charge < -0.3 is 4.40 Å². The molecule has 0 bridgehead atoms. The highest BCUT2D eigenvalue weighted by Crippen LogP contribution is 2.01. The summed E-state index contributed by atoms with van der Waals surface area (Å²) in [4.78, 5) is 8.01. The second kappa shape index (κ2) is 1.80. The molecule has 2 rings (SSSR count). The van der Waals surface area contributed by atoms with E-state index >= 15 is 0 Å². The summed E-state index contributed by atoms with van der Waals surface area (Å²) < 4.78 is 1.99. The molecule has 0 spiro atoms. The second-order valence-electron chi connectivity index (χ2n) is 2.24. The highest BCUT2D eigenvalue weighted by molar-refractivity contribution is 5.42. The number of imidazole rings is 1. The van der Waals surface area contributed by atoms with Crippen molar-refractivity contribution in [2.75, 3.05) is 0 Å². The quantitative estimate of drug-likeness (QED) is 0.537. The minimum absolute atomic E-state index is 1.04. The zero-order valence-corrected chi connectivity index (χ0v) is 5.65. The van der Waals surface area contributed by atoms with E-state index in [0.29, 0.717) is 0 Å². The first kappa shape index (κ1) is 5.41. The number of hydrogen-bond donors (Lipinski definition) is 0. The topological polar surface area (TPSA) is 30.2 Å². The summed E-state index contributed by atoms with van der Waals surface area (Å²) in [5, 5.41) is 0. The summed E-state index contributed by atoms with van der Waals surface area (Å²) in [7, 11) is 0. The maximum atomic E-state index is 4.02. The summed E-state index contributed by atoms with van der Waals surface area (Å²) in [6, 6.07) is 0. The van der Waals surface area contributed by atoms with E-state index in [0.717, 1.165) is 11.2 Å². The first-order valence-corrected chi connectivity index (χ1v) is 3.10. The van der Waals surface area contributed by atoms with Gasteiger partial charge in [0.05, 0.1) is 24.2 Å². The number of rotatable bonds is 0. The third-order valence-electron chi connectivity index (χ3n) is 1.52. The Kier molecular flexibility index (Phi) is 0.974. The van der Waals surface area contributed by atoms with Crippen molar-refractivity contribution in [2.45, 2.75) is 6.92 Å². The molecule has 0 radical (unpaired) electrons. The van der Waals surface area contributed by atoms with Crippen molar-refractivity contribution in [3.63, 3.8) is 0 Å². The summed E-state index contributed by atoms with van der Waals surface area (Å²) in [5.74, 6) is 0. The van der Waals surface area contributed by atoms with E-state index in [1.54, 1.807) is 18.7 Å². The van der Waals surface area contributed by atoms with E-state index in [-0.39, 0.29) is 0 Å². The third kappa shape index (κ3) is 0.603. The predicted molar refractivity (Wildman–Crippen MR) is 37.7 cm³/mol. The molecular formula is C7H7N3. The van der Waals surface area contributed by atoms with Gasteiger partial charge in [0, 0.05) is 11.9 Å². The van der Waals surface area contributed by atoms with Gasteiger partial charge in [0.15, 0.2) is 0 Å². The lowest BCUT2D eigenvalue weighted by molar-refractivity contribution is 1.04. The first-order chi connectivity index (χ1) is 4.88. The fraction of sp³-hybridized carbons (Fsp3) is 0.143. The molecule has 0 aliphatic carbocycles. The van der Waals surface area contributed by atoms with E-state index < -0.39 is 0 Å². The zero-order chi connectivity index (χ0) is 6.97. The minimum atomic E-state index is 1.04. The predicted octanol–water partition coefficient (Wildman–Crippen LogP) is 1.04. The first-order valence-electron chi connectivity index (χ1n) is 3.10. The molecule has 0 aliphatic rings. The van der Waals surface area contributed by atoms with Gasteiger partial charge in [0.1, 0.15) is 0 Å². The van der Waals surface area contributed by atoms with Crippen LogP contribution in [-0.2, 0) is 0 Å². The fourth-order valence-electron chi connectivity index (χ4n) is 0.979.